The molecule has 1 unspecified atom stereocenters. The summed E-state index contributed by atoms with van der Waals surface area (Å²) in [5, 5.41) is 6.82. The third kappa shape index (κ3) is 7.93. The molecule has 1 fully saturated rings. The van der Waals surface area contributed by atoms with Crippen LogP contribution in [0.3, 0.4) is 0 Å². The lowest BCUT2D eigenvalue weighted by atomic mass is 10.1. The van der Waals surface area contributed by atoms with E-state index < -0.39 is 0 Å². The molecule has 0 saturated carbocycles. The van der Waals surface area contributed by atoms with Crippen molar-refractivity contribution < 1.29 is 9.53 Å². The van der Waals surface area contributed by atoms with Gasteiger partial charge in [0, 0.05) is 33.2 Å². The van der Waals surface area contributed by atoms with Gasteiger partial charge in [-0.1, -0.05) is 19.1 Å². The second kappa shape index (κ2) is 12.3. The summed E-state index contributed by atoms with van der Waals surface area (Å²) in [5.74, 6) is 1.59. The van der Waals surface area contributed by atoms with E-state index in [1.807, 2.05) is 19.1 Å². The van der Waals surface area contributed by atoms with E-state index in [0.29, 0.717) is 18.6 Å². The van der Waals surface area contributed by atoms with Crippen molar-refractivity contribution in [3.8, 4) is 5.75 Å². The average Bonchev–Trinajstić information content (AvgIpc) is 3.17. The Labute approximate surface area is 175 Å². The summed E-state index contributed by atoms with van der Waals surface area (Å²) in [5.41, 5.74) is 1.21. The molecule has 1 atom stereocenters. The summed E-state index contributed by atoms with van der Waals surface area (Å²) in [6.45, 7) is 8.82. The van der Waals surface area contributed by atoms with E-state index in [0.717, 1.165) is 38.3 Å². The van der Waals surface area contributed by atoms with Gasteiger partial charge in [0.2, 0.25) is 5.91 Å². The molecular formula is C22H37N5O2. The fourth-order valence-corrected chi connectivity index (χ4v) is 3.50. The molecule has 1 aliphatic rings. The smallest absolute Gasteiger partial charge is 0.243 e. The molecule has 0 radical (unpaired) electrons. The number of rotatable bonds is 10. The highest BCUT2D eigenvalue weighted by Crippen LogP contribution is 2.15. The van der Waals surface area contributed by atoms with Crippen molar-refractivity contribution in [3.63, 3.8) is 0 Å². The van der Waals surface area contributed by atoms with Gasteiger partial charge >= 0.3 is 0 Å². The molecule has 2 rings (SSSR count). The van der Waals surface area contributed by atoms with Crippen LogP contribution in [0, 0.1) is 0 Å². The van der Waals surface area contributed by atoms with Gasteiger partial charge in [0.05, 0.1) is 6.61 Å². The number of ether oxygens (including phenoxy) is 1. The number of amides is 1. The number of carbonyl (C=O) groups excluding carboxylic acids is 1. The lowest BCUT2D eigenvalue weighted by Crippen LogP contribution is -2.45. The van der Waals surface area contributed by atoms with Crippen molar-refractivity contribution in [2.24, 2.45) is 4.99 Å². The summed E-state index contributed by atoms with van der Waals surface area (Å²) in [7, 11) is 3.50. The monoisotopic (exact) mass is 403 g/mol. The van der Waals surface area contributed by atoms with Crippen LogP contribution in [0.25, 0.3) is 0 Å². The highest BCUT2D eigenvalue weighted by molar-refractivity contribution is 5.84. The molecule has 0 spiro atoms. The Morgan fingerprint density at radius 3 is 2.86 bits per heavy atom. The van der Waals surface area contributed by atoms with Crippen LogP contribution in [-0.4, -0.2) is 81.1 Å². The first-order chi connectivity index (χ1) is 14.0. The van der Waals surface area contributed by atoms with Crippen molar-refractivity contribution >= 4 is 11.9 Å². The first kappa shape index (κ1) is 23.0. The molecule has 0 aromatic heterocycles. The summed E-state index contributed by atoms with van der Waals surface area (Å²) < 4.78 is 5.57. The SMILES string of the molecule is CCOc1cccc(CCNC(=NCC(=O)N(C)C)NCC2CCCN2CC)c1. The molecule has 1 aromatic rings. The van der Waals surface area contributed by atoms with Crippen molar-refractivity contribution in [3.05, 3.63) is 29.8 Å². The fourth-order valence-electron chi connectivity index (χ4n) is 3.50. The van der Waals surface area contributed by atoms with Crippen molar-refractivity contribution in [1.82, 2.24) is 20.4 Å². The molecule has 1 heterocycles. The number of hydrogen-bond acceptors (Lipinski definition) is 4. The van der Waals surface area contributed by atoms with Gasteiger partial charge in [-0.05, 0) is 57.0 Å². The molecule has 162 valence electrons. The molecule has 1 aromatic carbocycles. The number of guanidine groups is 1. The summed E-state index contributed by atoms with van der Waals surface area (Å²) in [6.07, 6.45) is 3.30. The standard InChI is InChI=1S/C22H37N5O2/c1-5-27-14-8-10-19(27)16-24-22(25-17-21(28)26(3)4)23-13-12-18-9-7-11-20(15-18)29-6-2/h7,9,11,15,19H,5-6,8,10,12-14,16-17H2,1-4H3,(H2,23,24,25). The van der Waals surface area contributed by atoms with Gasteiger partial charge in [-0.15, -0.1) is 0 Å². The highest BCUT2D eigenvalue weighted by atomic mass is 16.5. The first-order valence-electron chi connectivity index (χ1n) is 10.7. The highest BCUT2D eigenvalue weighted by Gasteiger charge is 2.22. The van der Waals surface area contributed by atoms with E-state index in [1.54, 1.807) is 19.0 Å². The number of carbonyl (C=O) groups is 1. The van der Waals surface area contributed by atoms with Crippen LogP contribution in [0.15, 0.2) is 29.3 Å². The van der Waals surface area contributed by atoms with Crippen molar-refractivity contribution in [1.29, 1.82) is 0 Å². The maximum Gasteiger partial charge on any atom is 0.243 e. The molecule has 7 heteroatoms. The Balaban J connectivity index is 1.91. The number of hydrogen-bond donors (Lipinski definition) is 2. The quantitative estimate of drug-likeness (QED) is 0.460. The fraction of sp³-hybridized carbons (Fsp3) is 0.636. The molecule has 1 saturated heterocycles. The number of benzene rings is 1. The Hall–Kier alpha value is -2.28. The van der Waals surface area contributed by atoms with Crippen LogP contribution in [-0.2, 0) is 11.2 Å². The second-order valence-electron chi connectivity index (χ2n) is 7.52. The lowest BCUT2D eigenvalue weighted by molar-refractivity contribution is -0.127. The predicted octanol–water partition coefficient (Wildman–Crippen LogP) is 1.74. The Morgan fingerprint density at radius 2 is 2.14 bits per heavy atom. The molecule has 0 aliphatic carbocycles. The summed E-state index contributed by atoms with van der Waals surface area (Å²) >= 11 is 0. The molecule has 7 nitrogen and oxygen atoms in total. The number of likely N-dealkylation sites (N-methyl/N-ethyl adjacent to an activating group) is 2. The summed E-state index contributed by atoms with van der Waals surface area (Å²) in [4.78, 5) is 20.5. The minimum atomic E-state index is -0.00781. The maximum atomic E-state index is 11.9. The van der Waals surface area contributed by atoms with E-state index in [-0.39, 0.29) is 12.5 Å². The third-order valence-corrected chi connectivity index (χ3v) is 5.20. The minimum Gasteiger partial charge on any atom is -0.494 e. The first-order valence-corrected chi connectivity index (χ1v) is 10.7. The van der Waals surface area contributed by atoms with Gasteiger partial charge < -0.3 is 20.3 Å². The van der Waals surface area contributed by atoms with Gasteiger partial charge in [0.1, 0.15) is 12.3 Å². The summed E-state index contributed by atoms with van der Waals surface area (Å²) in [6, 6.07) is 8.69. The van der Waals surface area contributed by atoms with Crippen molar-refractivity contribution in [2.45, 2.75) is 39.2 Å². The van der Waals surface area contributed by atoms with Gasteiger partial charge in [0.25, 0.3) is 0 Å². The zero-order valence-electron chi connectivity index (χ0n) is 18.4. The van der Waals surface area contributed by atoms with Crippen LogP contribution in [0.5, 0.6) is 5.75 Å². The zero-order valence-corrected chi connectivity index (χ0v) is 18.4. The van der Waals surface area contributed by atoms with Crippen LogP contribution in [0.2, 0.25) is 0 Å². The number of aliphatic imine (C=N–C) groups is 1. The Kier molecular flexibility index (Phi) is 9.77. The number of nitrogens with one attached hydrogen (secondary N) is 2. The van der Waals surface area contributed by atoms with E-state index >= 15 is 0 Å². The number of nitrogens with zero attached hydrogens (tertiary/aromatic N) is 3. The van der Waals surface area contributed by atoms with Gasteiger partial charge in [0.15, 0.2) is 5.96 Å². The lowest BCUT2D eigenvalue weighted by Gasteiger charge is -2.24. The van der Waals surface area contributed by atoms with Crippen LogP contribution in [0.4, 0.5) is 0 Å². The largest absolute Gasteiger partial charge is 0.494 e. The van der Waals surface area contributed by atoms with E-state index in [9.17, 15) is 4.79 Å². The number of likely N-dealkylation sites (tertiary alicyclic amines) is 1. The molecule has 1 amide bonds. The Bertz CT molecular complexity index is 662. The minimum absolute atomic E-state index is 0.00781. The van der Waals surface area contributed by atoms with Crippen LogP contribution < -0.4 is 15.4 Å². The molecule has 29 heavy (non-hydrogen) atoms. The predicted molar refractivity (Wildman–Crippen MR) is 119 cm³/mol. The average molecular weight is 404 g/mol. The normalized spacial score (nSPS) is 17.2. The zero-order chi connectivity index (χ0) is 21.1. The maximum absolute atomic E-state index is 11.9. The topological polar surface area (TPSA) is 69.2 Å². The molecular weight excluding hydrogens is 366 g/mol. The Morgan fingerprint density at radius 1 is 1.31 bits per heavy atom. The van der Waals surface area contributed by atoms with E-state index in [2.05, 4.69) is 39.6 Å². The van der Waals surface area contributed by atoms with Crippen LogP contribution in [0.1, 0.15) is 32.3 Å². The third-order valence-electron chi connectivity index (χ3n) is 5.20. The van der Waals surface area contributed by atoms with Gasteiger partial charge in [-0.2, -0.15) is 0 Å². The molecule has 0 bridgehead atoms. The van der Waals surface area contributed by atoms with Gasteiger partial charge in [-0.25, -0.2) is 4.99 Å². The van der Waals surface area contributed by atoms with Crippen LogP contribution >= 0.6 is 0 Å². The molecule has 1 aliphatic heterocycles. The van der Waals surface area contributed by atoms with Gasteiger partial charge in [-0.3, -0.25) is 9.69 Å². The van der Waals surface area contributed by atoms with E-state index in [1.165, 1.54) is 18.4 Å². The van der Waals surface area contributed by atoms with Crippen molar-refractivity contribution in [2.75, 3.05) is 53.4 Å². The second-order valence-corrected chi connectivity index (χ2v) is 7.52. The molecule has 2 N–H and O–H groups in total. The van der Waals surface area contributed by atoms with E-state index in [4.69, 9.17) is 4.74 Å².